The van der Waals surface area contributed by atoms with Crippen LogP contribution in [0.25, 0.3) is 69.9 Å². The third-order valence-corrected chi connectivity index (χ3v) is 9.80. The normalized spacial score (nSPS) is 13.1. The van der Waals surface area contributed by atoms with Gasteiger partial charge in [0.15, 0.2) is 6.67 Å². The first-order chi connectivity index (χ1) is 21.8. The van der Waals surface area contributed by atoms with E-state index >= 15 is 0 Å². The molecule has 3 heterocycles. The lowest BCUT2D eigenvalue weighted by molar-refractivity contribution is -0.457. The van der Waals surface area contributed by atoms with Crippen molar-refractivity contribution in [1.82, 2.24) is 9.88 Å². The summed E-state index contributed by atoms with van der Waals surface area (Å²) in [4.78, 5) is 7.67. The molecule has 1 aliphatic rings. The Bertz CT molecular complexity index is 2430. The Kier molecular flexibility index (Phi) is 5.71. The Morgan fingerprint density at radius 2 is 1.32 bits per heavy atom. The van der Waals surface area contributed by atoms with E-state index in [1.807, 2.05) is 11.3 Å². The number of amidine groups is 1. The predicted octanol–water partition coefficient (Wildman–Crippen LogP) is 7.90. The van der Waals surface area contributed by atoms with Crippen molar-refractivity contribution in [2.45, 2.75) is 0 Å². The molecule has 0 bridgehead atoms. The number of nitrogens with one attached hydrogen (secondary N) is 2. The summed E-state index contributed by atoms with van der Waals surface area (Å²) in [5.74, 6) is 0.881. The summed E-state index contributed by atoms with van der Waals surface area (Å²) < 4.78 is 5.02. The van der Waals surface area contributed by atoms with E-state index < -0.39 is 0 Å². The van der Waals surface area contributed by atoms with Crippen LogP contribution in [0.2, 0.25) is 0 Å². The lowest BCUT2D eigenvalue weighted by Gasteiger charge is -2.09. The number of fused-ring (bicyclic) bond motifs is 7. The Balaban J connectivity index is 1.27. The molecule has 4 nitrogen and oxygen atoms in total. The van der Waals surface area contributed by atoms with Gasteiger partial charge in [-0.1, -0.05) is 84.9 Å². The Morgan fingerprint density at radius 3 is 2.14 bits per heavy atom. The van der Waals surface area contributed by atoms with Crippen LogP contribution in [0.3, 0.4) is 0 Å². The van der Waals surface area contributed by atoms with Crippen LogP contribution in [0.5, 0.6) is 0 Å². The highest BCUT2D eigenvalue weighted by Crippen LogP contribution is 2.44. The van der Waals surface area contributed by atoms with Crippen LogP contribution >= 0.6 is 11.3 Å². The quantitative estimate of drug-likeness (QED) is 0.217. The molecule has 8 aromatic rings. The van der Waals surface area contributed by atoms with E-state index in [2.05, 4.69) is 153 Å². The van der Waals surface area contributed by atoms with Gasteiger partial charge in [-0.15, -0.1) is 11.3 Å². The highest BCUT2D eigenvalue weighted by Gasteiger charge is 2.20. The lowest BCUT2D eigenvalue weighted by Crippen LogP contribution is -2.75. The fraction of sp³-hybridized carbons (Fsp3) is 0.0256. The van der Waals surface area contributed by atoms with Crippen molar-refractivity contribution in [3.05, 3.63) is 139 Å². The molecular formula is C39H27N4S+. The van der Waals surface area contributed by atoms with Gasteiger partial charge in [-0.3, -0.25) is 4.99 Å². The van der Waals surface area contributed by atoms with E-state index in [4.69, 9.17) is 0 Å². The number of hydrogen-bond acceptors (Lipinski definition) is 3. The third-order valence-electron chi connectivity index (χ3n) is 8.60. The molecule has 44 heavy (non-hydrogen) atoms. The maximum atomic E-state index is 4.56. The summed E-state index contributed by atoms with van der Waals surface area (Å²) in [5, 5.41) is 8.52. The van der Waals surface area contributed by atoms with Crippen LogP contribution in [-0.4, -0.2) is 23.4 Å². The first-order valence-electron chi connectivity index (χ1n) is 14.8. The van der Waals surface area contributed by atoms with Crippen molar-refractivity contribution in [1.29, 1.82) is 0 Å². The highest BCUT2D eigenvalue weighted by atomic mass is 32.1. The highest BCUT2D eigenvalue weighted by molar-refractivity contribution is 7.26. The Labute approximate surface area is 258 Å². The van der Waals surface area contributed by atoms with Crippen LogP contribution < -0.4 is 10.3 Å². The molecule has 2 N–H and O–H groups in total. The van der Waals surface area contributed by atoms with E-state index in [0.717, 1.165) is 17.1 Å². The van der Waals surface area contributed by atoms with Gasteiger partial charge >= 0.3 is 0 Å². The largest absolute Gasteiger partial charge is 0.313 e. The molecule has 0 spiro atoms. The topological polar surface area (TPSA) is 43.3 Å². The molecule has 9 rings (SSSR count). The molecule has 0 fully saturated rings. The van der Waals surface area contributed by atoms with Crippen molar-refractivity contribution < 1.29 is 4.99 Å². The van der Waals surface area contributed by atoms with Gasteiger partial charge in [0.2, 0.25) is 0 Å². The number of benzene rings is 6. The minimum atomic E-state index is 0.666. The minimum Gasteiger partial charge on any atom is -0.313 e. The van der Waals surface area contributed by atoms with Gasteiger partial charge in [0.25, 0.3) is 12.2 Å². The number of aliphatic imine (C=N–C) groups is 1. The van der Waals surface area contributed by atoms with E-state index in [0.29, 0.717) is 6.67 Å². The second-order valence-corrected chi connectivity index (χ2v) is 12.2. The number of hydrogen-bond donors (Lipinski definition) is 2. The molecule has 0 amide bonds. The van der Waals surface area contributed by atoms with Gasteiger partial charge in [-0.25, -0.2) is 0 Å². The zero-order chi connectivity index (χ0) is 29.0. The molecule has 0 atom stereocenters. The fourth-order valence-electron chi connectivity index (χ4n) is 6.54. The Morgan fingerprint density at radius 1 is 0.591 bits per heavy atom. The van der Waals surface area contributed by atoms with Crippen LogP contribution in [0.4, 0.5) is 0 Å². The molecule has 0 unspecified atom stereocenters. The van der Waals surface area contributed by atoms with Crippen LogP contribution in [0.1, 0.15) is 5.56 Å². The average Bonchev–Trinajstić information content (AvgIpc) is 3.64. The lowest BCUT2D eigenvalue weighted by atomic mass is 9.98. The second kappa shape index (κ2) is 10.0. The van der Waals surface area contributed by atoms with Gasteiger partial charge in [0.05, 0.1) is 11.0 Å². The number of thiophene rings is 1. The number of para-hydroxylation sites is 1. The molecule has 0 saturated heterocycles. The molecule has 208 valence electrons. The summed E-state index contributed by atoms with van der Waals surface area (Å²) in [5.41, 5.74) is 9.55. The molecule has 1 aliphatic heterocycles. The molecule has 0 aliphatic carbocycles. The summed E-state index contributed by atoms with van der Waals surface area (Å²) in [7, 11) is 0. The Hall–Kier alpha value is -5.52. The SMILES string of the molecule is C1=[NH+]CNC(c2ccc3c4c5sc6ccc(-c7cccc(-c8ccccc8)c7)cc6c5ccc4n(-c4ccccc4)c3c2)=N1. The molecule has 5 heteroatoms. The summed E-state index contributed by atoms with van der Waals surface area (Å²) in [6.07, 6.45) is 1.76. The molecule has 0 saturated carbocycles. The fourth-order valence-corrected chi connectivity index (χ4v) is 7.78. The monoisotopic (exact) mass is 583 g/mol. The van der Waals surface area contributed by atoms with E-state index in [9.17, 15) is 0 Å². The van der Waals surface area contributed by atoms with Gasteiger partial charge in [-0.05, 0) is 75.8 Å². The smallest absolute Gasteiger partial charge is 0.283 e. The summed E-state index contributed by atoms with van der Waals surface area (Å²) in [6.45, 7) is 0.666. The molecule has 2 aromatic heterocycles. The van der Waals surface area contributed by atoms with Gasteiger partial charge in [0.1, 0.15) is 0 Å². The van der Waals surface area contributed by atoms with Gasteiger partial charge in [0, 0.05) is 42.2 Å². The summed E-state index contributed by atoms with van der Waals surface area (Å²) >= 11 is 1.89. The first kappa shape index (κ1) is 25.0. The van der Waals surface area contributed by atoms with E-state index in [-0.39, 0.29) is 0 Å². The number of aromatic nitrogens is 1. The van der Waals surface area contributed by atoms with Crippen molar-refractivity contribution in [2.24, 2.45) is 4.99 Å². The first-order valence-corrected chi connectivity index (χ1v) is 15.7. The number of nitrogens with zero attached hydrogens (tertiary/aromatic N) is 2. The second-order valence-electron chi connectivity index (χ2n) is 11.2. The maximum Gasteiger partial charge on any atom is 0.283 e. The van der Waals surface area contributed by atoms with Crippen LogP contribution in [0.15, 0.2) is 138 Å². The van der Waals surface area contributed by atoms with Crippen LogP contribution in [0, 0.1) is 0 Å². The maximum absolute atomic E-state index is 4.56. The third kappa shape index (κ3) is 3.98. The van der Waals surface area contributed by atoms with E-state index in [1.165, 1.54) is 64.2 Å². The molecular weight excluding hydrogens is 557 g/mol. The molecule has 6 aromatic carbocycles. The zero-order valence-corrected chi connectivity index (χ0v) is 24.6. The van der Waals surface area contributed by atoms with Gasteiger partial charge in [-0.2, -0.15) is 0 Å². The number of rotatable bonds is 4. The zero-order valence-electron chi connectivity index (χ0n) is 23.8. The van der Waals surface area contributed by atoms with Crippen molar-refractivity contribution >= 4 is 65.5 Å². The van der Waals surface area contributed by atoms with E-state index in [1.54, 1.807) is 6.34 Å². The van der Waals surface area contributed by atoms with Crippen molar-refractivity contribution in [3.8, 4) is 27.9 Å². The van der Waals surface area contributed by atoms with Crippen LogP contribution in [-0.2, 0) is 0 Å². The average molecular weight is 584 g/mol. The predicted molar refractivity (Wildman–Crippen MR) is 186 cm³/mol. The van der Waals surface area contributed by atoms with Gasteiger partial charge < -0.3 is 9.88 Å². The van der Waals surface area contributed by atoms with Crippen molar-refractivity contribution in [2.75, 3.05) is 6.67 Å². The summed E-state index contributed by atoms with van der Waals surface area (Å²) in [6, 6.07) is 48.4. The minimum absolute atomic E-state index is 0.666. The van der Waals surface area contributed by atoms with Crippen molar-refractivity contribution in [3.63, 3.8) is 0 Å². The standard InChI is InChI=1S/C39H26N4S/c1-3-8-25(9-4-1)26-10-7-11-27(20-26)28-15-19-36-33(21-28)31-17-18-34-37(38(31)44-36)32-16-14-29(39-41-23-40-24-42-39)22-35(32)43(34)30-12-5-2-6-13-30/h1-23H,24H2,(H,40,41,42)/p+1. The molecule has 0 radical (unpaired) electrons.